The second-order valence-electron chi connectivity index (χ2n) is 5.10. The van der Waals surface area contributed by atoms with Gasteiger partial charge >= 0.3 is 0 Å². The number of halogens is 1. The first-order valence-corrected chi connectivity index (χ1v) is 6.28. The highest BCUT2D eigenvalue weighted by Gasteiger charge is 2.36. The maximum Gasteiger partial charge on any atom is 0.126 e. The molecule has 100 valence electrons. The van der Waals surface area contributed by atoms with Crippen LogP contribution in [-0.4, -0.2) is 38.8 Å². The zero-order chi connectivity index (χ0) is 11.8. The van der Waals surface area contributed by atoms with Crippen molar-refractivity contribution in [3.8, 4) is 11.5 Å². The van der Waals surface area contributed by atoms with Gasteiger partial charge in [0, 0.05) is 23.9 Å². The third kappa shape index (κ3) is 2.17. The van der Waals surface area contributed by atoms with Crippen LogP contribution in [-0.2, 0) is 0 Å². The van der Waals surface area contributed by atoms with Gasteiger partial charge in [0.1, 0.15) is 11.5 Å². The zero-order valence-corrected chi connectivity index (χ0v) is 11.7. The summed E-state index contributed by atoms with van der Waals surface area (Å²) in [6.07, 6.45) is 1.22. The molecule has 0 N–H and O–H groups in total. The van der Waals surface area contributed by atoms with Crippen LogP contribution in [0.15, 0.2) is 18.2 Å². The Kier molecular flexibility index (Phi) is 4.03. The fraction of sp³-hybridized carbons (Fsp3) is 0.571. The molecular formula is C14H20ClNO2. The van der Waals surface area contributed by atoms with E-state index < -0.39 is 0 Å². The molecule has 0 aliphatic carbocycles. The summed E-state index contributed by atoms with van der Waals surface area (Å²) in [6.45, 7) is 3.15. The number of likely N-dealkylation sites (N-methyl/N-ethyl adjacent to an activating group) is 1. The minimum absolute atomic E-state index is 0. The van der Waals surface area contributed by atoms with Crippen molar-refractivity contribution in [1.82, 2.24) is 4.90 Å². The molecule has 0 bridgehead atoms. The molecule has 0 spiro atoms. The molecule has 1 aromatic rings. The van der Waals surface area contributed by atoms with Crippen LogP contribution in [0.3, 0.4) is 0 Å². The number of ether oxygens (including phenoxy) is 2. The maximum atomic E-state index is 5.87. The molecule has 0 saturated carbocycles. The Hall–Kier alpha value is -0.930. The van der Waals surface area contributed by atoms with Gasteiger partial charge in [0.15, 0.2) is 0 Å². The van der Waals surface area contributed by atoms with E-state index in [4.69, 9.17) is 9.47 Å². The molecule has 1 fully saturated rings. The highest BCUT2D eigenvalue weighted by Crippen LogP contribution is 2.45. The van der Waals surface area contributed by atoms with Crippen LogP contribution < -0.4 is 9.47 Å². The van der Waals surface area contributed by atoms with E-state index >= 15 is 0 Å². The van der Waals surface area contributed by atoms with E-state index in [1.165, 1.54) is 18.5 Å². The van der Waals surface area contributed by atoms with Crippen molar-refractivity contribution >= 4 is 12.4 Å². The number of hydrogen-bond donors (Lipinski definition) is 0. The molecule has 0 unspecified atom stereocenters. The first kappa shape index (κ1) is 13.5. The van der Waals surface area contributed by atoms with E-state index in [-0.39, 0.29) is 12.4 Å². The molecule has 0 amide bonds. The minimum atomic E-state index is 0. The van der Waals surface area contributed by atoms with Gasteiger partial charge in [0.25, 0.3) is 0 Å². The second kappa shape index (κ2) is 5.37. The van der Waals surface area contributed by atoms with E-state index in [9.17, 15) is 0 Å². The molecular weight excluding hydrogens is 250 g/mol. The Labute approximate surface area is 114 Å². The summed E-state index contributed by atoms with van der Waals surface area (Å²) in [5.41, 5.74) is 1.28. The number of benzene rings is 1. The standard InChI is InChI=1S/C14H19NO2.ClH/c1-15-7-6-10-9-17-13-5-3-4-12(16-2)14(13)11(10)8-15;/h3-5,10-11H,6-9H2,1-2H3;1H/t10-,11-;/m0./s1. The van der Waals surface area contributed by atoms with Crippen molar-refractivity contribution in [1.29, 1.82) is 0 Å². The van der Waals surface area contributed by atoms with Gasteiger partial charge in [-0.1, -0.05) is 6.07 Å². The Morgan fingerprint density at radius 1 is 1.39 bits per heavy atom. The molecule has 2 atom stereocenters. The molecule has 4 heteroatoms. The summed E-state index contributed by atoms with van der Waals surface area (Å²) in [4.78, 5) is 2.41. The molecule has 2 heterocycles. The highest BCUT2D eigenvalue weighted by molar-refractivity contribution is 5.85. The molecule has 18 heavy (non-hydrogen) atoms. The number of methoxy groups -OCH3 is 1. The Bertz CT molecular complexity index is 410. The first-order valence-electron chi connectivity index (χ1n) is 6.28. The fourth-order valence-electron chi connectivity index (χ4n) is 3.08. The average Bonchev–Trinajstić information content (AvgIpc) is 2.37. The predicted molar refractivity (Wildman–Crippen MR) is 74.1 cm³/mol. The third-order valence-electron chi connectivity index (χ3n) is 4.03. The van der Waals surface area contributed by atoms with Gasteiger partial charge in [0.2, 0.25) is 0 Å². The largest absolute Gasteiger partial charge is 0.496 e. The summed E-state index contributed by atoms with van der Waals surface area (Å²) in [5, 5.41) is 0. The van der Waals surface area contributed by atoms with Crippen LogP contribution in [0.2, 0.25) is 0 Å². The number of hydrogen-bond acceptors (Lipinski definition) is 3. The maximum absolute atomic E-state index is 5.87. The summed E-state index contributed by atoms with van der Waals surface area (Å²) in [7, 11) is 3.94. The van der Waals surface area contributed by atoms with Gasteiger partial charge in [-0.2, -0.15) is 0 Å². The van der Waals surface area contributed by atoms with Crippen molar-refractivity contribution < 1.29 is 9.47 Å². The number of likely N-dealkylation sites (tertiary alicyclic amines) is 1. The number of fused-ring (bicyclic) bond motifs is 3. The number of nitrogens with zero attached hydrogens (tertiary/aromatic N) is 1. The number of rotatable bonds is 1. The third-order valence-corrected chi connectivity index (χ3v) is 4.03. The summed E-state index contributed by atoms with van der Waals surface area (Å²) in [6, 6.07) is 6.10. The van der Waals surface area contributed by atoms with Crippen molar-refractivity contribution in [2.75, 3.05) is 33.9 Å². The summed E-state index contributed by atoms with van der Waals surface area (Å²) >= 11 is 0. The Balaban J connectivity index is 0.00000120. The first-order chi connectivity index (χ1) is 8.29. The van der Waals surface area contributed by atoms with E-state index in [1.807, 2.05) is 12.1 Å². The Morgan fingerprint density at radius 3 is 3.00 bits per heavy atom. The molecule has 1 saturated heterocycles. The Morgan fingerprint density at radius 2 is 2.22 bits per heavy atom. The van der Waals surface area contributed by atoms with E-state index in [0.717, 1.165) is 24.7 Å². The molecule has 2 aliphatic heterocycles. The lowest BCUT2D eigenvalue weighted by Crippen LogP contribution is -2.41. The van der Waals surface area contributed by atoms with Crippen LogP contribution in [0.25, 0.3) is 0 Å². The van der Waals surface area contributed by atoms with Crippen LogP contribution >= 0.6 is 12.4 Å². The molecule has 0 aromatic heterocycles. The van der Waals surface area contributed by atoms with E-state index in [1.54, 1.807) is 7.11 Å². The molecule has 3 rings (SSSR count). The molecule has 1 aromatic carbocycles. The van der Waals surface area contributed by atoms with Gasteiger partial charge in [0.05, 0.1) is 13.7 Å². The molecule has 2 aliphatic rings. The quantitative estimate of drug-likeness (QED) is 0.782. The zero-order valence-electron chi connectivity index (χ0n) is 10.9. The summed E-state index contributed by atoms with van der Waals surface area (Å²) < 4.78 is 11.4. The van der Waals surface area contributed by atoms with Crippen LogP contribution in [0.5, 0.6) is 11.5 Å². The van der Waals surface area contributed by atoms with Crippen LogP contribution in [0.1, 0.15) is 17.9 Å². The minimum Gasteiger partial charge on any atom is -0.496 e. The number of piperidine rings is 1. The lowest BCUT2D eigenvalue weighted by Gasteiger charge is -2.41. The molecule has 0 radical (unpaired) electrons. The van der Waals surface area contributed by atoms with Gasteiger partial charge < -0.3 is 14.4 Å². The average molecular weight is 270 g/mol. The monoisotopic (exact) mass is 269 g/mol. The summed E-state index contributed by atoms with van der Waals surface area (Å²) in [5.74, 6) is 3.21. The van der Waals surface area contributed by atoms with E-state index in [0.29, 0.717) is 11.8 Å². The van der Waals surface area contributed by atoms with Crippen molar-refractivity contribution in [3.05, 3.63) is 23.8 Å². The van der Waals surface area contributed by atoms with E-state index in [2.05, 4.69) is 18.0 Å². The lowest BCUT2D eigenvalue weighted by atomic mass is 9.79. The SMILES string of the molecule is COc1cccc2c1[C@H]1CN(C)CC[C@H]1CO2.Cl. The van der Waals surface area contributed by atoms with Gasteiger partial charge in [-0.15, -0.1) is 12.4 Å². The van der Waals surface area contributed by atoms with Gasteiger partial charge in [-0.05, 0) is 32.1 Å². The predicted octanol–water partition coefficient (Wildman–Crippen LogP) is 2.54. The fourth-order valence-corrected chi connectivity index (χ4v) is 3.08. The van der Waals surface area contributed by atoms with Crippen LogP contribution in [0.4, 0.5) is 0 Å². The topological polar surface area (TPSA) is 21.7 Å². The highest BCUT2D eigenvalue weighted by atomic mass is 35.5. The smallest absolute Gasteiger partial charge is 0.126 e. The normalized spacial score (nSPS) is 26.3. The van der Waals surface area contributed by atoms with Crippen molar-refractivity contribution in [2.24, 2.45) is 5.92 Å². The second-order valence-corrected chi connectivity index (χ2v) is 5.10. The van der Waals surface area contributed by atoms with Crippen LogP contribution in [0, 0.1) is 5.92 Å². The molecule has 3 nitrogen and oxygen atoms in total. The van der Waals surface area contributed by atoms with Crippen molar-refractivity contribution in [2.45, 2.75) is 12.3 Å². The lowest BCUT2D eigenvalue weighted by molar-refractivity contribution is 0.112. The van der Waals surface area contributed by atoms with Crippen molar-refractivity contribution in [3.63, 3.8) is 0 Å². The van der Waals surface area contributed by atoms with Gasteiger partial charge in [-0.3, -0.25) is 0 Å². The van der Waals surface area contributed by atoms with Gasteiger partial charge in [-0.25, -0.2) is 0 Å².